The van der Waals surface area contributed by atoms with Crippen LogP contribution in [0.1, 0.15) is 0 Å². The van der Waals surface area contributed by atoms with Gasteiger partial charge >= 0.3 is 0 Å². The van der Waals surface area contributed by atoms with E-state index in [0.29, 0.717) is 0 Å². The highest BCUT2D eigenvalue weighted by Crippen LogP contribution is 2.36. The van der Waals surface area contributed by atoms with E-state index in [1.54, 1.807) is 11.3 Å². The van der Waals surface area contributed by atoms with Crippen molar-refractivity contribution in [1.82, 2.24) is 0 Å². The van der Waals surface area contributed by atoms with E-state index in [4.69, 9.17) is 4.42 Å². The lowest BCUT2D eigenvalue weighted by atomic mass is 10.2. The third-order valence-electron chi connectivity index (χ3n) is 2.02. The lowest BCUT2D eigenvalue weighted by Crippen LogP contribution is -1.59. The van der Waals surface area contributed by atoms with Crippen LogP contribution in [-0.4, -0.2) is 0 Å². The van der Waals surface area contributed by atoms with Crippen molar-refractivity contribution in [2.75, 3.05) is 0 Å². The first-order chi connectivity index (χ1) is 6.34. The molecule has 0 saturated carbocycles. The number of halogens is 1. The molecule has 1 nitrogen and oxygen atoms in total. The van der Waals surface area contributed by atoms with Gasteiger partial charge in [0.25, 0.3) is 0 Å². The van der Waals surface area contributed by atoms with Crippen LogP contribution in [-0.2, 0) is 0 Å². The number of thiophene rings is 1. The normalized spacial score (nSPS) is 11.5. The molecule has 64 valence electrons. The van der Waals surface area contributed by atoms with Gasteiger partial charge in [0, 0.05) is 16.2 Å². The Morgan fingerprint density at radius 1 is 1.15 bits per heavy atom. The molecule has 0 amide bonds. The van der Waals surface area contributed by atoms with E-state index in [0.717, 1.165) is 10.3 Å². The predicted molar refractivity (Wildman–Crippen MR) is 59.3 cm³/mol. The third-order valence-corrected chi connectivity index (χ3v) is 3.51. The topological polar surface area (TPSA) is 13.1 Å². The van der Waals surface area contributed by atoms with Gasteiger partial charge in [0.1, 0.15) is 0 Å². The molecule has 0 atom stereocenters. The van der Waals surface area contributed by atoms with E-state index < -0.39 is 0 Å². The van der Waals surface area contributed by atoms with Crippen molar-refractivity contribution in [1.29, 1.82) is 0 Å². The molecular weight excluding hydrogens is 248 g/mol. The minimum absolute atomic E-state index is 0.805. The minimum Gasteiger partial charge on any atom is -0.448 e. The summed E-state index contributed by atoms with van der Waals surface area (Å²) in [6.45, 7) is 0. The largest absolute Gasteiger partial charge is 0.448 e. The molecule has 3 heteroatoms. The lowest BCUT2D eigenvalue weighted by Gasteiger charge is -1.85. The van der Waals surface area contributed by atoms with Crippen molar-refractivity contribution >= 4 is 47.6 Å². The van der Waals surface area contributed by atoms with Gasteiger partial charge in [-0.25, -0.2) is 0 Å². The van der Waals surface area contributed by atoms with Crippen molar-refractivity contribution in [2.45, 2.75) is 0 Å². The number of benzene rings is 1. The highest BCUT2D eigenvalue weighted by Gasteiger charge is 2.08. The number of furan rings is 1. The number of hydrogen-bond acceptors (Lipinski definition) is 2. The standard InChI is InChI=1S/C10H5BrOS/c11-9-5-8-10(12-9)6-3-1-2-4-7(6)13-8/h1-5H. The molecular formula is C10H5BrOS. The van der Waals surface area contributed by atoms with Crippen molar-refractivity contribution < 1.29 is 4.42 Å². The number of rotatable bonds is 0. The first kappa shape index (κ1) is 7.59. The van der Waals surface area contributed by atoms with Gasteiger partial charge in [-0.2, -0.15) is 0 Å². The van der Waals surface area contributed by atoms with Gasteiger partial charge in [0.15, 0.2) is 10.3 Å². The Morgan fingerprint density at radius 3 is 2.92 bits per heavy atom. The second-order valence-electron chi connectivity index (χ2n) is 2.84. The van der Waals surface area contributed by atoms with Gasteiger partial charge in [0.2, 0.25) is 0 Å². The summed E-state index contributed by atoms with van der Waals surface area (Å²) in [5.74, 6) is 0. The summed E-state index contributed by atoms with van der Waals surface area (Å²) in [5.41, 5.74) is 0.993. The summed E-state index contributed by atoms with van der Waals surface area (Å²) in [6, 6.07) is 10.3. The molecule has 0 N–H and O–H groups in total. The van der Waals surface area contributed by atoms with Gasteiger partial charge in [-0.1, -0.05) is 12.1 Å². The van der Waals surface area contributed by atoms with Gasteiger partial charge in [0.05, 0.1) is 4.70 Å². The van der Waals surface area contributed by atoms with E-state index in [9.17, 15) is 0 Å². The van der Waals surface area contributed by atoms with Crippen LogP contribution in [0.3, 0.4) is 0 Å². The maximum atomic E-state index is 5.55. The van der Waals surface area contributed by atoms with Gasteiger partial charge in [-0.3, -0.25) is 0 Å². The lowest BCUT2D eigenvalue weighted by molar-refractivity contribution is 0.591. The Labute approximate surface area is 87.1 Å². The highest BCUT2D eigenvalue weighted by atomic mass is 79.9. The smallest absolute Gasteiger partial charge is 0.171 e. The van der Waals surface area contributed by atoms with Crippen LogP contribution in [0.25, 0.3) is 20.4 Å². The Hall–Kier alpha value is -0.800. The fraction of sp³-hybridized carbons (Fsp3) is 0. The summed E-state index contributed by atoms with van der Waals surface area (Å²) >= 11 is 5.09. The zero-order valence-corrected chi connectivity index (χ0v) is 8.98. The minimum atomic E-state index is 0.805. The molecule has 2 aromatic heterocycles. The van der Waals surface area contributed by atoms with Crippen LogP contribution in [0, 0.1) is 0 Å². The fourth-order valence-corrected chi connectivity index (χ4v) is 3.08. The summed E-state index contributed by atoms with van der Waals surface area (Å²) < 4.78 is 8.84. The summed E-state index contributed by atoms with van der Waals surface area (Å²) in [6.07, 6.45) is 0. The molecule has 3 rings (SSSR count). The average Bonchev–Trinajstić information content (AvgIpc) is 2.60. The fourth-order valence-electron chi connectivity index (χ4n) is 1.47. The molecule has 2 heterocycles. The zero-order chi connectivity index (χ0) is 8.84. The van der Waals surface area contributed by atoms with Gasteiger partial charge < -0.3 is 4.42 Å². The van der Waals surface area contributed by atoms with Crippen LogP contribution in [0.4, 0.5) is 0 Å². The molecule has 0 radical (unpaired) electrons. The van der Waals surface area contributed by atoms with Crippen LogP contribution < -0.4 is 0 Å². The van der Waals surface area contributed by atoms with E-state index in [1.165, 1.54) is 14.8 Å². The third kappa shape index (κ3) is 1.04. The summed E-state index contributed by atoms with van der Waals surface area (Å²) in [5, 5.41) is 1.20. The van der Waals surface area contributed by atoms with E-state index >= 15 is 0 Å². The second-order valence-corrected chi connectivity index (χ2v) is 4.71. The molecule has 0 fully saturated rings. The molecule has 0 aliphatic rings. The van der Waals surface area contributed by atoms with Gasteiger partial charge in [-0.05, 0) is 28.1 Å². The summed E-state index contributed by atoms with van der Waals surface area (Å²) in [4.78, 5) is 0. The molecule has 0 aliphatic carbocycles. The number of hydrogen-bond donors (Lipinski definition) is 0. The van der Waals surface area contributed by atoms with Crippen LogP contribution in [0.5, 0.6) is 0 Å². The van der Waals surface area contributed by atoms with Crippen LogP contribution >= 0.6 is 27.3 Å². The van der Waals surface area contributed by atoms with E-state index in [-0.39, 0.29) is 0 Å². The van der Waals surface area contributed by atoms with Gasteiger partial charge in [-0.15, -0.1) is 11.3 Å². The maximum Gasteiger partial charge on any atom is 0.171 e. The van der Waals surface area contributed by atoms with E-state index in [2.05, 4.69) is 28.1 Å². The van der Waals surface area contributed by atoms with Crippen molar-refractivity contribution in [3.8, 4) is 0 Å². The maximum absolute atomic E-state index is 5.55. The van der Waals surface area contributed by atoms with E-state index in [1.807, 2.05) is 18.2 Å². The molecule has 3 aromatic rings. The quantitative estimate of drug-likeness (QED) is 0.578. The Balaban J connectivity index is 2.60. The molecule has 0 spiro atoms. The average molecular weight is 253 g/mol. The molecule has 0 saturated heterocycles. The first-order valence-corrected chi connectivity index (χ1v) is 5.52. The summed E-state index contributed by atoms with van der Waals surface area (Å²) in [7, 11) is 0. The van der Waals surface area contributed by atoms with Crippen LogP contribution in [0.2, 0.25) is 0 Å². The second kappa shape index (κ2) is 2.59. The molecule has 0 unspecified atom stereocenters. The Bertz CT molecular complexity index is 579. The molecule has 0 bridgehead atoms. The molecule has 13 heavy (non-hydrogen) atoms. The van der Waals surface area contributed by atoms with Crippen LogP contribution in [0.15, 0.2) is 39.4 Å². The molecule has 0 aliphatic heterocycles. The highest BCUT2D eigenvalue weighted by molar-refractivity contribution is 9.10. The van der Waals surface area contributed by atoms with Crippen molar-refractivity contribution in [3.63, 3.8) is 0 Å². The Morgan fingerprint density at radius 2 is 2.00 bits per heavy atom. The zero-order valence-electron chi connectivity index (χ0n) is 6.58. The predicted octanol–water partition coefficient (Wildman–Crippen LogP) is 4.41. The SMILES string of the molecule is Brc1cc2sc3ccccc3c2o1. The Kier molecular flexibility index (Phi) is 1.51. The van der Waals surface area contributed by atoms with Crippen molar-refractivity contribution in [3.05, 3.63) is 35.0 Å². The number of fused-ring (bicyclic) bond motifs is 3. The molecule has 1 aromatic carbocycles. The monoisotopic (exact) mass is 252 g/mol. The first-order valence-electron chi connectivity index (χ1n) is 3.91. The van der Waals surface area contributed by atoms with Crippen molar-refractivity contribution in [2.24, 2.45) is 0 Å².